The molecule has 1 rings (SSSR count). The van der Waals surface area contributed by atoms with E-state index in [1.807, 2.05) is 6.92 Å². The van der Waals surface area contributed by atoms with Crippen molar-refractivity contribution >= 4 is 6.04 Å². The van der Waals surface area contributed by atoms with Crippen molar-refractivity contribution in [3.05, 3.63) is 0 Å². The van der Waals surface area contributed by atoms with E-state index in [4.69, 9.17) is 4.74 Å². The fourth-order valence-electron chi connectivity index (χ4n) is 1.30. The Morgan fingerprint density at radius 3 is 3.00 bits per heavy atom. The largest absolute Gasteiger partial charge is 0.373 e. The highest BCUT2D eigenvalue weighted by Crippen LogP contribution is 2.19. The highest BCUT2D eigenvalue weighted by molar-refractivity contribution is 5.67. The first kappa shape index (κ1) is 9.61. The van der Waals surface area contributed by atoms with Crippen LogP contribution in [0.5, 0.6) is 0 Å². The summed E-state index contributed by atoms with van der Waals surface area (Å²) >= 11 is 0. The lowest BCUT2D eigenvalue weighted by Gasteiger charge is -2.33. The van der Waals surface area contributed by atoms with Gasteiger partial charge in [0.2, 0.25) is 0 Å². The van der Waals surface area contributed by atoms with E-state index in [0.29, 0.717) is 19.6 Å². The summed E-state index contributed by atoms with van der Waals surface area (Å²) in [7, 11) is 0. The van der Waals surface area contributed by atoms with Crippen molar-refractivity contribution in [3.8, 4) is 0 Å². The predicted molar refractivity (Wildman–Crippen MR) is 42.6 cm³/mol. The molecule has 1 aliphatic heterocycles. The molecule has 0 aromatic heterocycles. The lowest BCUT2D eigenvalue weighted by molar-refractivity contribution is -0.131. The van der Waals surface area contributed by atoms with Gasteiger partial charge < -0.3 is 10.1 Å². The van der Waals surface area contributed by atoms with E-state index in [1.54, 1.807) is 0 Å². The van der Waals surface area contributed by atoms with Crippen LogP contribution in [0.1, 0.15) is 19.8 Å². The van der Waals surface area contributed by atoms with Crippen molar-refractivity contribution in [1.29, 1.82) is 0 Å². The fraction of sp³-hybridized carbons (Fsp3) is 0.875. The normalized spacial score (nSPS) is 30.2. The zero-order valence-electron chi connectivity index (χ0n) is 7.23. The molecule has 70 valence electrons. The van der Waals surface area contributed by atoms with Gasteiger partial charge in [0.1, 0.15) is 0 Å². The van der Waals surface area contributed by atoms with Gasteiger partial charge in [0.05, 0.1) is 12.2 Å². The summed E-state index contributed by atoms with van der Waals surface area (Å²) in [4.78, 5) is 10.1. The van der Waals surface area contributed by atoms with Crippen LogP contribution in [0.25, 0.3) is 0 Å². The van der Waals surface area contributed by atoms with Gasteiger partial charge in [-0.15, -0.1) is 0 Å². The van der Waals surface area contributed by atoms with Crippen molar-refractivity contribution in [2.24, 2.45) is 0 Å². The van der Waals surface area contributed by atoms with Crippen molar-refractivity contribution in [1.82, 2.24) is 5.32 Å². The summed E-state index contributed by atoms with van der Waals surface area (Å²) < 4.78 is 17.3. The second-order valence-electron chi connectivity index (χ2n) is 3.33. The van der Waals surface area contributed by atoms with Gasteiger partial charge in [0.15, 0.2) is 0 Å². The number of ether oxygens (including phenoxy) is 1. The van der Waals surface area contributed by atoms with Crippen LogP contribution in [0, 0.1) is 0 Å². The monoisotopic (exact) mass is 175 g/mol. The molecule has 0 saturated carbocycles. The molecule has 0 amide bonds. The molecule has 1 atom stereocenters. The van der Waals surface area contributed by atoms with Crippen molar-refractivity contribution in [2.45, 2.75) is 25.4 Å². The number of nitrogens with one attached hydrogen (secondary N) is 1. The third-order valence-corrected chi connectivity index (χ3v) is 2.08. The molecule has 0 bridgehead atoms. The Hall–Kier alpha value is -0.480. The highest BCUT2D eigenvalue weighted by atomic mass is 19.1. The first-order valence-electron chi connectivity index (χ1n) is 4.15. The van der Waals surface area contributed by atoms with Crippen molar-refractivity contribution in [2.75, 3.05) is 19.7 Å². The van der Waals surface area contributed by atoms with Crippen LogP contribution in [0.3, 0.4) is 0 Å². The summed E-state index contributed by atoms with van der Waals surface area (Å²) in [5.41, 5.74) is -0.361. The van der Waals surface area contributed by atoms with Gasteiger partial charge in [-0.1, -0.05) is 0 Å². The van der Waals surface area contributed by atoms with Gasteiger partial charge in [-0.05, 0) is 13.3 Å². The van der Waals surface area contributed by atoms with Crippen LogP contribution in [-0.2, 0) is 9.53 Å². The van der Waals surface area contributed by atoms with Gasteiger partial charge in [0, 0.05) is 19.5 Å². The van der Waals surface area contributed by atoms with Crippen LogP contribution in [0.2, 0.25) is 0 Å². The van der Waals surface area contributed by atoms with E-state index >= 15 is 0 Å². The Bertz CT molecular complexity index is 166. The number of morpholine rings is 1. The third-order valence-electron chi connectivity index (χ3n) is 2.08. The number of carbonyl (C=O) groups is 1. The number of hydrogen-bond acceptors (Lipinski definition) is 3. The number of halogens is 1. The van der Waals surface area contributed by atoms with Gasteiger partial charge in [-0.3, -0.25) is 4.79 Å². The molecule has 3 nitrogen and oxygen atoms in total. The van der Waals surface area contributed by atoms with E-state index in [-0.39, 0.29) is 12.0 Å². The lowest BCUT2D eigenvalue weighted by atomic mass is 9.99. The average molecular weight is 175 g/mol. The van der Waals surface area contributed by atoms with E-state index in [2.05, 4.69) is 5.32 Å². The number of carbonyl (C=O) groups excluding carboxylic acids is 1. The van der Waals surface area contributed by atoms with E-state index < -0.39 is 6.04 Å². The molecule has 12 heavy (non-hydrogen) atoms. The highest BCUT2D eigenvalue weighted by Gasteiger charge is 2.27. The van der Waals surface area contributed by atoms with Crippen molar-refractivity contribution in [3.63, 3.8) is 0 Å². The maximum Gasteiger partial charge on any atom is 0.301 e. The minimum absolute atomic E-state index is 0.0435. The van der Waals surface area contributed by atoms with Crippen LogP contribution < -0.4 is 5.32 Å². The zero-order valence-corrected chi connectivity index (χ0v) is 7.23. The molecule has 4 heteroatoms. The minimum Gasteiger partial charge on any atom is -0.373 e. The smallest absolute Gasteiger partial charge is 0.301 e. The number of hydrogen-bond donors (Lipinski definition) is 1. The van der Waals surface area contributed by atoms with Gasteiger partial charge in [-0.2, -0.15) is 4.39 Å². The van der Waals surface area contributed by atoms with Gasteiger partial charge in [-0.25, -0.2) is 0 Å². The molecule has 0 radical (unpaired) electrons. The molecule has 0 spiro atoms. The van der Waals surface area contributed by atoms with Crippen LogP contribution in [0.4, 0.5) is 4.39 Å². The van der Waals surface area contributed by atoms with Gasteiger partial charge >= 0.3 is 6.04 Å². The molecule has 0 aromatic rings. The molecule has 1 unspecified atom stereocenters. The standard InChI is InChI=1S/C8H14FNO2/c1-8(3-2-7(9)11)6-10-4-5-12-8/h10H,2-6H2,1H3. The minimum atomic E-state index is -1.26. The summed E-state index contributed by atoms with van der Waals surface area (Å²) in [6, 6.07) is -1.26. The van der Waals surface area contributed by atoms with Gasteiger partial charge in [0.25, 0.3) is 0 Å². The third kappa shape index (κ3) is 2.87. The van der Waals surface area contributed by atoms with Crippen LogP contribution in [-0.4, -0.2) is 31.3 Å². The molecule has 1 fully saturated rings. The predicted octanol–water partition coefficient (Wildman–Crippen LogP) is 0.641. The maximum atomic E-state index is 11.9. The molecule has 1 aliphatic rings. The van der Waals surface area contributed by atoms with E-state index in [9.17, 15) is 9.18 Å². The SMILES string of the molecule is CC1(CCC(=O)F)CNCCO1. The Kier molecular flexibility index (Phi) is 3.17. The Balaban J connectivity index is 2.31. The summed E-state index contributed by atoms with van der Waals surface area (Å²) in [6.07, 6.45) is 0.410. The molecule has 1 saturated heterocycles. The average Bonchev–Trinajstić information content (AvgIpc) is 2.03. The molecule has 0 aromatic carbocycles. The Morgan fingerprint density at radius 2 is 2.50 bits per heavy atom. The molecular weight excluding hydrogens is 161 g/mol. The summed E-state index contributed by atoms with van der Waals surface area (Å²) in [6.45, 7) is 4.05. The first-order valence-corrected chi connectivity index (χ1v) is 4.15. The summed E-state index contributed by atoms with van der Waals surface area (Å²) in [5, 5.41) is 3.14. The first-order chi connectivity index (χ1) is 5.62. The van der Waals surface area contributed by atoms with E-state index in [0.717, 1.165) is 6.54 Å². The Labute approximate surface area is 71.3 Å². The molecular formula is C8H14FNO2. The topological polar surface area (TPSA) is 38.3 Å². The van der Waals surface area contributed by atoms with E-state index in [1.165, 1.54) is 0 Å². The maximum absolute atomic E-state index is 11.9. The second kappa shape index (κ2) is 3.96. The Morgan fingerprint density at radius 1 is 1.75 bits per heavy atom. The second-order valence-corrected chi connectivity index (χ2v) is 3.33. The lowest BCUT2D eigenvalue weighted by Crippen LogP contribution is -2.47. The molecule has 1 heterocycles. The fourth-order valence-corrected chi connectivity index (χ4v) is 1.30. The summed E-state index contributed by atoms with van der Waals surface area (Å²) in [5.74, 6) is 0. The quantitative estimate of drug-likeness (QED) is 0.640. The molecule has 1 N–H and O–H groups in total. The molecule has 0 aliphatic carbocycles. The van der Waals surface area contributed by atoms with Crippen LogP contribution >= 0.6 is 0 Å². The van der Waals surface area contributed by atoms with Crippen LogP contribution in [0.15, 0.2) is 0 Å². The van der Waals surface area contributed by atoms with Crippen molar-refractivity contribution < 1.29 is 13.9 Å². The number of rotatable bonds is 3. The zero-order chi connectivity index (χ0) is 9.03.